The summed E-state index contributed by atoms with van der Waals surface area (Å²) < 4.78 is 34.1. The van der Waals surface area contributed by atoms with E-state index in [-0.39, 0.29) is 21.1 Å². The summed E-state index contributed by atoms with van der Waals surface area (Å²) in [5.74, 6) is 0. The Bertz CT molecular complexity index is 1780. The molecule has 0 aliphatic rings. The number of aryl methyl sites for hydroxylation is 2. The number of rotatable bonds is 1. The van der Waals surface area contributed by atoms with Crippen LogP contribution < -0.4 is 10.9 Å². The van der Waals surface area contributed by atoms with Crippen molar-refractivity contribution < 1.29 is 13.0 Å². The van der Waals surface area contributed by atoms with Crippen molar-refractivity contribution in [3.63, 3.8) is 0 Å². The largest absolute Gasteiger partial charge is 0.354 e. The second-order valence-electron chi connectivity index (χ2n) is 7.41. The Balaban J connectivity index is 1.99. The van der Waals surface area contributed by atoms with E-state index in [0.717, 1.165) is 17.1 Å². The van der Waals surface area contributed by atoms with Crippen molar-refractivity contribution in [2.24, 2.45) is 7.05 Å². The number of fused-ring (bicyclic) bond motifs is 4. The molecule has 3 aromatic carbocycles. The maximum absolute atomic E-state index is 13.2. The van der Waals surface area contributed by atoms with Crippen LogP contribution in [0.2, 0.25) is 0 Å². The molecule has 0 unspecified atom stereocenters. The number of benzene rings is 3. The van der Waals surface area contributed by atoms with Crippen molar-refractivity contribution >= 4 is 53.7 Å². The lowest BCUT2D eigenvalue weighted by molar-refractivity contribution is 0.483. The molecule has 0 saturated carbocycles. The fraction of sp³-hybridized carbons (Fsp3) is 0.0909. The minimum Gasteiger partial charge on any atom is -0.354 e. The van der Waals surface area contributed by atoms with Crippen LogP contribution in [0.5, 0.6) is 0 Å². The highest BCUT2D eigenvalue weighted by molar-refractivity contribution is 7.85. The first-order valence-corrected chi connectivity index (χ1v) is 10.6. The van der Waals surface area contributed by atoms with Crippen LogP contribution in [0.3, 0.4) is 0 Å². The van der Waals surface area contributed by atoms with Crippen LogP contribution in [0.15, 0.2) is 63.0 Å². The lowest BCUT2D eigenvalue weighted by Gasteiger charge is -2.13. The monoisotopic (exact) mass is 420 g/mol. The Kier molecular flexibility index (Phi) is 3.71. The predicted molar refractivity (Wildman–Crippen MR) is 117 cm³/mol. The molecule has 2 N–H and O–H groups in total. The molecule has 0 radical (unpaired) electrons. The maximum atomic E-state index is 13.2. The molecule has 0 amide bonds. The van der Waals surface area contributed by atoms with Crippen molar-refractivity contribution in [2.75, 3.05) is 0 Å². The van der Waals surface area contributed by atoms with Gasteiger partial charge >= 0.3 is 0 Å². The highest BCUT2D eigenvalue weighted by Gasteiger charge is 2.16. The Morgan fingerprint density at radius 1 is 0.867 bits per heavy atom. The number of aromatic nitrogens is 2. The quantitative estimate of drug-likeness (QED) is 0.320. The van der Waals surface area contributed by atoms with E-state index in [2.05, 4.69) is 4.98 Å². The van der Waals surface area contributed by atoms with Gasteiger partial charge in [-0.3, -0.25) is 14.1 Å². The van der Waals surface area contributed by atoms with E-state index < -0.39 is 10.1 Å². The summed E-state index contributed by atoms with van der Waals surface area (Å²) in [6.07, 6.45) is 0. The zero-order valence-corrected chi connectivity index (χ0v) is 16.9. The first kappa shape index (κ1) is 18.5. The minimum absolute atomic E-state index is 0.119. The van der Waals surface area contributed by atoms with Gasteiger partial charge < -0.3 is 9.55 Å². The van der Waals surface area contributed by atoms with Gasteiger partial charge in [-0.1, -0.05) is 12.1 Å². The molecule has 0 atom stereocenters. The molecular weight excluding hydrogens is 404 g/mol. The Morgan fingerprint density at radius 3 is 2.30 bits per heavy atom. The molecule has 0 spiro atoms. The van der Waals surface area contributed by atoms with E-state index >= 15 is 0 Å². The van der Waals surface area contributed by atoms with Crippen molar-refractivity contribution in [1.82, 2.24) is 9.55 Å². The molecule has 0 saturated heterocycles. The Labute approximate surface area is 169 Å². The van der Waals surface area contributed by atoms with Gasteiger partial charge in [0.15, 0.2) is 10.9 Å². The van der Waals surface area contributed by atoms with Crippen LogP contribution in [0, 0.1) is 6.92 Å². The molecule has 0 aliphatic carbocycles. The fourth-order valence-corrected chi connectivity index (χ4v) is 4.67. The highest BCUT2D eigenvalue weighted by Crippen LogP contribution is 2.25. The number of nitrogens with one attached hydrogen (secondary N) is 1. The molecule has 0 fully saturated rings. The van der Waals surface area contributed by atoms with Crippen LogP contribution in [0.1, 0.15) is 5.56 Å². The second kappa shape index (κ2) is 6.01. The molecule has 5 rings (SSSR count). The van der Waals surface area contributed by atoms with Gasteiger partial charge in [0.2, 0.25) is 0 Å². The average molecular weight is 420 g/mol. The minimum atomic E-state index is -4.44. The summed E-state index contributed by atoms with van der Waals surface area (Å²) in [6, 6.07) is 12.6. The van der Waals surface area contributed by atoms with Crippen LogP contribution in [0.25, 0.3) is 43.6 Å². The molecule has 0 aliphatic heterocycles. The molecule has 30 heavy (non-hydrogen) atoms. The third-order valence-corrected chi connectivity index (χ3v) is 6.46. The average Bonchev–Trinajstić information content (AvgIpc) is 2.70. The summed E-state index contributed by atoms with van der Waals surface area (Å²) in [6.45, 7) is 1.92. The SMILES string of the molecule is Cc1cccc2c(=O)c3cc4[nH]c5ccc(S(=O)(=O)O)cc5c(=O)c4cc3n(C)c12. The zero-order valence-electron chi connectivity index (χ0n) is 16.1. The number of nitrogens with zero attached hydrogens (tertiary/aromatic N) is 1. The van der Waals surface area contributed by atoms with Gasteiger partial charge in [0, 0.05) is 34.1 Å². The van der Waals surface area contributed by atoms with E-state index in [1.54, 1.807) is 18.2 Å². The normalized spacial score (nSPS) is 12.4. The topological polar surface area (TPSA) is 109 Å². The number of aromatic amines is 1. The zero-order chi connectivity index (χ0) is 21.4. The lowest BCUT2D eigenvalue weighted by atomic mass is 10.0. The molecule has 7 nitrogen and oxygen atoms in total. The lowest BCUT2D eigenvalue weighted by Crippen LogP contribution is -2.12. The molecule has 150 valence electrons. The summed E-state index contributed by atoms with van der Waals surface area (Å²) >= 11 is 0. The van der Waals surface area contributed by atoms with Crippen molar-refractivity contribution in [3.05, 3.63) is 74.5 Å². The number of para-hydroxylation sites is 1. The molecule has 0 bridgehead atoms. The van der Waals surface area contributed by atoms with Gasteiger partial charge in [-0.2, -0.15) is 8.42 Å². The van der Waals surface area contributed by atoms with E-state index in [1.165, 1.54) is 12.1 Å². The van der Waals surface area contributed by atoms with E-state index in [9.17, 15) is 22.6 Å². The molecule has 8 heteroatoms. The van der Waals surface area contributed by atoms with Gasteiger partial charge in [-0.05, 0) is 48.9 Å². The van der Waals surface area contributed by atoms with Gasteiger partial charge in [0.25, 0.3) is 10.1 Å². The van der Waals surface area contributed by atoms with E-state index in [0.29, 0.717) is 32.7 Å². The summed E-state index contributed by atoms with van der Waals surface area (Å²) in [7, 11) is -2.60. The van der Waals surface area contributed by atoms with Crippen LogP contribution in [0.4, 0.5) is 0 Å². The molecule has 2 aromatic heterocycles. The Morgan fingerprint density at radius 2 is 1.57 bits per heavy atom. The third-order valence-electron chi connectivity index (χ3n) is 5.61. The predicted octanol–water partition coefficient (Wildman–Crippen LogP) is 3.24. The van der Waals surface area contributed by atoms with Crippen molar-refractivity contribution in [3.8, 4) is 0 Å². The first-order chi connectivity index (χ1) is 14.2. The second-order valence-corrected chi connectivity index (χ2v) is 8.83. The molecular formula is C22H16N2O5S. The number of H-pyrrole nitrogens is 1. The maximum Gasteiger partial charge on any atom is 0.294 e. The molecule has 5 aromatic rings. The number of pyridine rings is 2. The van der Waals surface area contributed by atoms with Crippen molar-refractivity contribution in [1.29, 1.82) is 0 Å². The summed E-state index contributed by atoms with van der Waals surface area (Å²) in [5.41, 5.74) is 2.72. The molecule has 2 heterocycles. The van der Waals surface area contributed by atoms with Gasteiger partial charge in [0.1, 0.15) is 0 Å². The fourth-order valence-electron chi connectivity index (χ4n) is 4.16. The summed E-state index contributed by atoms with van der Waals surface area (Å²) in [5, 5.41) is 1.54. The number of hydrogen-bond acceptors (Lipinski definition) is 4. The van der Waals surface area contributed by atoms with E-state index in [4.69, 9.17) is 0 Å². The standard InChI is InChI=1S/C22H16N2O5S/c1-11-4-3-5-13-20(11)24(2)19-10-15-18(9-16(19)21(13)25)23-17-7-6-12(30(27,28)29)8-14(17)22(15)26/h3-10H,1-2H3,(H,23,26)(H,27,28,29). The van der Waals surface area contributed by atoms with E-state index in [1.807, 2.05) is 30.7 Å². The van der Waals surface area contributed by atoms with Crippen molar-refractivity contribution in [2.45, 2.75) is 11.8 Å². The van der Waals surface area contributed by atoms with Gasteiger partial charge in [-0.15, -0.1) is 0 Å². The van der Waals surface area contributed by atoms with Gasteiger partial charge in [0.05, 0.1) is 21.4 Å². The smallest absolute Gasteiger partial charge is 0.294 e. The third kappa shape index (κ3) is 2.51. The first-order valence-electron chi connectivity index (χ1n) is 9.16. The summed E-state index contributed by atoms with van der Waals surface area (Å²) in [4.78, 5) is 29.0. The highest BCUT2D eigenvalue weighted by atomic mass is 32.2. The van der Waals surface area contributed by atoms with Crippen LogP contribution in [-0.4, -0.2) is 22.5 Å². The van der Waals surface area contributed by atoms with Crippen LogP contribution >= 0.6 is 0 Å². The Hall–Kier alpha value is -3.49. The number of hydrogen-bond donors (Lipinski definition) is 2. The van der Waals surface area contributed by atoms with Crippen LogP contribution in [-0.2, 0) is 17.2 Å². The van der Waals surface area contributed by atoms with Gasteiger partial charge in [-0.25, -0.2) is 0 Å².